The molecule has 208 valence electrons. The highest BCUT2D eigenvalue weighted by Gasteiger charge is 2.26. The van der Waals surface area contributed by atoms with E-state index in [4.69, 9.17) is 20.9 Å². The maximum atomic E-state index is 13.7. The van der Waals surface area contributed by atoms with Crippen molar-refractivity contribution in [2.75, 3.05) is 43.6 Å². The van der Waals surface area contributed by atoms with Gasteiger partial charge in [-0.3, -0.25) is 14.4 Å². The molecule has 0 aromatic carbocycles. The summed E-state index contributed by atoms with van der Waals surface area (Å²) in [6.07, 6.45) is 2.75. The summed E-state index contributed by atoms with van der Waals surface area (Å²) in [5.41, 5.74) is 0.511. The number of carbonyl (C=O) groups is 3. The van der Waals surface area contributed by atoms with Gasteiger partial charge < -0.3 is 28.8 Å². The van der Waals surface area contributed by atoms with Gasteiger partial charge in [-0.2, -0.15) is 9.78 Å². The number of methoxy groups -OCH3 is 1. The van der Waals surface area contributed by atoms with Gasteiger partial charge in [0.15, 0.2) is 0 Å². The van der Waals surface area contributed by atoms with Gasteiger partial charge in [-0.1, -0.05) is 16.8 Å². The number of pyridine rings is 1. The van der Waals surface area contributed by atoms with Crippen molar-refractivity contribution in [1.29, 1.82) is 0 Å². The van der Waals surface area contributed by atoms with Crippen LogP contribution in [0.25, 0.3) is 11.3 Å². The number of halogens is 1. The second kappa shape index (κ2) is 11.9. The number of rotatable bonds is 9. The normalized spacial score (nSPS) is 13.3. The average Bonchev–Trinajstić information content (AvgIpc) is 3.74. The van der Waals surface area contributed by atoms with Gasteiger partial charge in [-0.25, -0.2) is 4.79 Å². The minimum absolute atomic E-state index is 0.0259. The van der Waals surface area contributed by atoms with Gasteiger partial charge in [0.2, 0.25) is 5.76 Å². The lowest BCUT2D eigenvalue weighted by Gasteiger charge is -2.30. The fourth-order valence-corrected chi connectivity index (χ4v) is 5.19. The molecule has 5 rings (SSSR count). The Hall–Kier alpha value is -4.27. The average molecular weight is 587 g/mol. The number of carbonyl (C=O) groups excluding carboxylic acids is 3. The van der Waals surface area contributed by atoms with Crippen molar-refractivity contribution in [3.63, 3.8) is 0 Å². The minimum atomic E-state index is -1.05. The van der Waals surface area contributed by atoms with Crippen LogP contribution in [0.15, 0.2) is 52.0 Å². The zero-order valence-electron chi connectivity index (χ0n) is 21.2. The first-order valence-electron chi connectivity index (χ1n) is 12.1. The number of nitrogens with one attached hydrogen (secondary N) is 1. The molecule has 0 radical (unpaired) electrons. The molecule has 0 amide bonds. The molecular formula is C25H23ClN6O7S. The predicted octanol–water partition coefficient (Wildman–Crippen LogP) is 2.29. The monoisotopic (exact) mass is 586 g/mol. The van der Waals surface area contributed by atoms with Crippen molar-refractivity contribution in [2.24, 2.45) is 0 Å². The van der Waals surface area contributed by atoms with E-state index in [1.54, 1.807) is 18.2 Å². The third kappa shape index (κ3) is 5.68. The number of esters is 1. The Morgan fingerprint density at radius 3 is 2.65 bits per heavy atom. The first-order valence-corrected chi connectivity index (χ1v) is 13.3. The zero-order valence-corrected chi connectivity index (χ0v) is 22.7. The molecule has 0 unspecified atom stereocenters. The minimum Gasteiger partial charge on any atom is -0.463 e. The van der Waals surface area contributed by atoms with Crippen LogP contribution in [-0.4, -0.2) is 70.6 Å². The number of nitrogens with zero attached hydrogens (tertiary/aromatic N) is 5. The van der Waals surface area contributed by atoms with Crippen LogP contribution in [0, 0.1) is 0 Å². The Bertz CT molecular complexity index is 1600. The smallest absolute Gasteiger partial charge is 0.376 e. The molecule has 0 atom stereocenters. The summed E-state index contributed by atoms with van der Waals surface area (Å²) >= 11 is 7.45. The topological polar surface area (TPSA) is 151 Å². The molecule has 1 aliphatic heterocycles. The molecule has 13 nitrogen and oxygen atoms in total. The van der Waals surface area contributed by atoms with E-state index in [0.29, 0.717) is 54.3 Å². The number of thiophene rings is 1. The molecule has 4 aromatic rings. The maximum absolute atomic E-state index is 13.7. The Labute approximate surface area is 235 Å². The highest BCUT2D eigenvalue weighted by molar-refractivity contribution is 7.16. The van der Waals surface area contributed by atoms with E-state index < -0.39 is 29.8 Å². The summed E-state index contributed by atoms with van der Waals surface area (Å²) < 4.78 is 17.9. The molecule has 1 N–H and O–H groups in total. The Balaban J connectivity index is 1.58. The van der Waals surface area contributed by atoms with Crippen molar-refractivity contribution in [3.05, 3.63) is 68.1 Å². The second-order valence-corrected chi connectivity index (χ2v) is 10.4. The van der Waals surface area contributed by atoms with Crippen molar-refractivity contribution in [1.82, 2.24) is 19.5 Å². The summed E-state index contributed by atoms with van der Waals surface area (Å²) in [6, 6.07) is 8.33. The van der Waals surface area contributed by atoms with Crippen molar-refractivity contribution >= 4 is 52.1 Å². The van der Waals surface area contributed by atoms with Gasteiger partial charge >= 0.3 is 11.9 Å². The first-order chi connectivity index (χ1) is 19.4. The number of ether oxygens (including phenoxy) is 2. The quantitative estimate of drug-likeness (QED) is 0.227. The summed E-state index contributed by atoms with van der Waals surface area (Å²) in [7, 11) is 1.10. The number of ketones is 1. The third-order valence-electron chi connectivity index (χ3n) is 6.09. The van der Waals surface area contributed by atoms with E-state index in [1.807, 2.05) is 11.0 Å². The number of aromatic nitrogens is 4. The van der Waals surface area contributed by atoms with E-state index in [9.17, 15) is 19.2 Å². The van der Waals surface area contributed by atoms with Crippen LogP contribution in [0.3, 0.4) is 0 Å². The lowest BCUT2D eigenvalue weighted by atomic mass is 10.1. The molecule has 0 aliphatic carbocycles. The van der Waals surface area contributed by atoms with Gasteiger partial charge in [-0.05, 0) is 18.2 Å². The Morgan fingerprint density at radius 2 is 1.98 bits per heavy atom. The molecule has 5 heterocycles. The number of morpholine rings is 1. The van der Waals surface area contributed by atoms with Crippen LogP contribution in [0.5, 0.6) is 0 Å². The third-order valence-corrected chi connectivity index (χ3v) is 7.32. The van der Waals surface area contributed by atoms with Gasteiger partial charge in [0.05, 0.1) is 49.6 Å². The molecule has 1 fully saturated rings. The lowest BCUT2D eigenvalue weighted by Crippen LogP contribution is -2.41. The standard InChI is InChI=1S/C25H23ClN6O7S/c1-37-25(36)18(33)14-31-7-5-16(22(24(31)35)30-8-10-38-11-9-30)17-12-21(27-13-15-2-3-20(26)40-15)32(29-17)23(34)19-4-6-28-39-19/h2-7,12,27H,8-11,13-14H2,1H3. The van der Waals surface area contributed by atoms with Crippen LogP contribution < -0.4 is 15.8 Å². The number of hydrogen-bond acceptors (Lipinski definition) is 12. The summed E-state index contributed by atoms with van der Waals surface area (Å²) in [5, 5.41) is 11.3. The van der Waals surface area contributed by atoms with Crippen LogP contribution in [-0.2, 0) is 32.2 Å². The number of hydrogen-bond donors (Lipinski definition) is 1. The van der Waals surface area contributed by atoms with Crippen LogP contribution in [0.2, 0.25) is 4.34 Å². The fourth-order valence-electron chi connectivity index (χ4n) is 4.17. The Morgan fingerprint density at radius 1 is 1.18 bits per heavy atom. The maximum Gasteiger partial charge on any atom is 0.376 e. The molecule has 0 saturated carbocycles. The zero-order chi connectivity index (χ0) is 28.2. The molecule has 0 spiro atoms. The molecule has 40 heavy (non-hydrogen) atoms. The van der Waals surface area contributed by atoms with E-state index in [0.717, 1.165) is 21.2 Å². The van der Waals surface area contributed by atoms with Crippen molar-refractivity contribution in [3.8, 4) is 11.3 Å². The molecule has 4 aromatic heterocycles. The van der Waals surface area contributed by atoms with Gasteiger partial charge in [-0.15, -0.1) is 11.3 Å². The van der Waals surface area contributed by atoms with Gasteiger partial charge in [0.25, 0.3) is 11.3 Å². The number of anilines is 2. The molecule has 1 aliphatic rings. The largest absolute Gasteiger partial charge is 0.463 e. The molecular weight excluding hydrogens is 564 g/mol. The summed E-state index contributed by atoms with van der Waals surface area (Å²) in [5.74, 6) is -2.16. The SMILES string of the molecule is COC(=O)C(=O)Cn1ccc(-c2cc(NCc3ccc(Cl)s3)n(C(=O)c3ccno3)n2)c(N2CCOCC2)c1=O. The highest BCUT2D eigenvalue weighted by Crippen LogP contribution is 2.31. The molecule has 1 saturated heterocycles. The van der Waals surface area contributed by atoms with Crippen molar-refractivity contribution in [2.45, 2.75) is 13.1 Å². The second-order valence-electron chi connectivity index (χ2n) is 8.59. The van der Waals surface area contributed by atoms with Gasteiger partial charge in [0, 0.05) is 41.9 Å². The molecule has 15 heteroatoms. The fraction of sp³-hybridized carbons (Fsp3) is 0.280. The molecule has 0 bridgehead atoms. The van der Waals surface area contributed by atoms with E-state index >= 15 is 0 Å². The van der Waals surface area contributed by atoms with Crippen LogP contribution in [0.4, 0.5) is 11.5 Å². The summed E-state index contributed by atoms with van der Waals surface area (Å²) in [6.45, 7) is 1.49. The lowest BCUT2D eigenvalue weighted by molar-refractivity contribution is -0.151. The highest BCUT2D eigenvalue weighted by atomic mass is 35.5. The first kappa shape index (κ1) is 27.3. The Kier molecular flexibility index (Phi) is 8.09. The van der Waals surface area contributed by atoms with Gasteiger partial charge in [0.1, 0.15) is 11.5 Å². The van der Waals surface area contributed by atoms with E-state index in [1.165, 1.54) is 29.8 Å². The van der Waals surface area contributed by atoms with E-state index in [-0.39, 0.29) is 11.4 Å². The van der Waals surface area contributed by atoms with Crippen LogP contribution >= 0.6 is 22.9 Å². The van der Waals surface area contributed by atoms with Crippen LogP contribution in [0.1, 0.15) is 15.4 Å². The number of Topliss-reactive ketones (excluding diaryl/α,β-unsaturated/α-hetero) is 1. The van der Waals surface area contributed by atoms with Crippen molar-refractivity contribution < 1.29 is 28.4 Å². The van der Waals surface area contributed by atoms with E-state index in [2.05, 4.69) is 20.3 Å². The predicted molar refractivity (Wildman–Crippen MR) is 145 cm³/mol. The summed E-state index contributed by atoms with van der Waals surface area (Å²) in [4.78, 5) is 53.6.